The molecule has 0 saturated carbocycles. The molecule has 1 N–H and O–H groups in total. The SMILES string of the molecule is Cc1ccc(-c2ccncc2)c(C(=O)N2CCC(O)(Cc3ccc(C#N)cc3)CC2)c1. The molecule has 156 valence electrons. The molecule has 0 radical (unpaired) electrons. The Morgan fingerprint density at radius 3 is 2.42 bits per heavy atom. The lowest BCUT2D eigenvalue weighted by Crippen LogP contribution is -2.47. The molecule has 0 atom stereocenters. The normalized spacial score (nSPS) is 15.3. The molecule has 1 aliphatic rings. The summed E-state index contributed by atoms with van der Waals surface area (Å²) in [6, 6.07) is 19.2. The predicted molar refractivity (Wildman–Crippen MR) is 119 cm³/mol. The van der Waals surface area contributed by atoms with E-state index >= 15 is 0 Å². The number of carbonyl (C=O) groups excluding carboxylic acids is 1. The first-order valence-electron chi connectivity index (χ1n) is 10.5. The van der Waals surface area contributed by atoms with Crippen LogP contribution in [0.4, 0.5) is 0 Å². The molecule has 1 amide bonds. The minimum absolute atomic E-state index is 0.00376. The van der Waals surface area contributed by atoms with Gasteiger partial charge in [0.2, 0.25) is 0 Å². The van der Waals surface area contributed by atoms with Crippen molar-refractivity contribution in [3.05, 3.63) is 89.2 Å². The number of likely N-dealkylation sites (tertiary alicyclic amines) is 1. The maximum atomic E-state index is 13.4. The van der Waals surface area contributed by atoms with Gasteiger partial charge < -0.3 is 10.0 Å². The highest BCUT2D eigenvalue weighted by atomic mass is 16.3. The van der Waals surface area contributed by atoms with Crippen LogP contribution in [-0.4, -0.2) is 39.6 Å². The quantitative estimate of drug-likeness (QED) is 0.700. The number of hydrogen-bond donors (Lipinski definition) is 1. The van der Waals surface area contributed by atoms with E-state index in [0.29, 0.717) is 43.5 Å². The maximum absolute atomic E-state index is 13.4. The van der Waals surface area contributed by atoms with E-state index in [1.165, 1.54) is 0 Å². The fourth-order valence-electron chi connectivity index (χ4n) is 4.17. The second kappa shape index (κ2) is 8.71. The Labute approximate surface area is 182 Å². The molecule has 2 heterocycles. The monoisotopic (exact) mass is 411 g/mol. The molecule has 1 fully saturated rings. The van der Waals surface area contributed by atoms with Gasteiger partial charge in [-0.2, -0.15) is 5.26 Å². The van der Waals surface area contributed by atoms with Gasteiger partial charge in [0.05, 0.1) is 17.2 Å². The summed E-state index contributed by atoms with van der Waals surface area (Å²) in [6.07, 6.45) is 5.03. The number of aliphatic hydroxyl groups is 1. The first-order valence-corrected chi connectivity index (χ1v) is 10.5. The van der Waals surface area contributed by atoms with Crippen LogP contribution in [0.25, 0.3) is 11.1 Å². The summed E-state index contributed by atoms with van der Waals surface area (Å²) in [5.74, 6) is -0.00376. The van der Waals surface area contributed by atoms with E-state index in [-0.39, 0.29) is 5.91 Å². The Hall–Kier alpha value is -3.49. The van der Waals surface area contributed by atoms with E-state index in [1.807, 2.05) is 54.3 Å². The third-order valence-corrected chi connectivity index (χ3v) is 5.99. The molecule has 5 nitrogen and oxygen atoms in total. The average Bonchev–Trinajstić information content (AvgIpc) is 2.80. The highest BCUT2D eigenvalue weighted by Gasteiger charge is 2.34. The zero-order valence-electron chi connectivity index (χ0n) is 17.6. The molecule has 31 heavy (non-hydrogen) atoms. The fraction of sp³-hybridized carbons (Fsp3) is 0.269. The summed E-state index contributed by atoms with van der Waals surface area (Å²) in [5.41, 5.74) is 4.36. The summed E-state index contributed by atoms with van der Waals surface area (Å²) < 4.78 is 0. The molecule has 4 rings (SSSR count). The summed E-state index contributed by atoms with van der Waals surface area (Å²) in [5, 5.41) is 20.0. The van der Waals surface area contributed by atoms with Gasteiger partial charge in [0.25, 0.3) is 5.91 Å². The molecule has 5 heteroatoms. The van der Waals surface area contributed by atoms with Crippen molar-refractivity contribution >= 4 is 5.91 Å². The topological polar surface area (TPSA) is 77.2 Å². The maximum Gasteiger partial charge on any atom is 0.254 e. The molecule has 1 aliphatic heterocycles. The number of carbonyl (C=O) groups is 1. The van der Waals surface area contributed by atoms with Crippen LogP contribution in [0.1, 0.15) is 39.9 Å². The number of rotatable bonds is 4. The summed E-state index contributed by atoms with van der Waals surface area (Å²) >= 11 is 0. The van der Waals surface area contributed by atoms with Crippen molar-refractivity contribution in [2.24, 2.45) is 0 Å². The van der Waals surface area contributed by atoms with Crippen molar-refractivity contribution in [1.29, 1.82) is 5.26 Å². The Morgan fingerprint density at radius 2 is 1.77 bits per heavy atom. The standard InChI is InChI=1S/C26H25N3O2/c1-19-2-7-23(22-8-12-28-13-9-22)24(16-19)25(30)29-14-10-26(31,11-15-29)17-20-3-5-21(18-27)6-4-20/h2-9,12-13,16,31H,10-11,14-15,17H2,1H3. The van der Waals surface area contributed by atoms with Crippen LogP contribution in [0.2, 0.25) is 0 Å². The summed E-state index contributed by atoms with van der Waals surface area (Å²) in [6.45, 7) is 3.00. The van der Waals surface area contributed by atoms with Crippen LogP contribution < -0.4 is 0 Å². The minimum atomic E-state index is -0.842. The number of amides is 1. The van der Waals surface area contributed by atoms with Crippen LogP contribution in [-0.2, 0) is 6.42 Å². The van der Waals surface area contributed by atoms with Crippen LogP contribution in [0.5, 0.6) is 0 Å². The minimum Gasteiger partial charge on any atom is -0.389 e. The van der Waals surface area contributed by atoms with Crippen LogP contribution in [0.15, 0.2) is 67.0 Å². The molecule has 0 bridgehead atoms. The number of nitriles is 1. The van der Waals surface area contributed by atoms with E-state index in [1.54, 1.807) is 24.5 Å². The Balaban J connectivity index is 1.48. The molecule has 0 spiro atoms. The van der Waals surface area contributed by atoms with Crippen LogP contribution >= 0.6 is 0 Å². The average molecular weight is 412 g/mol. The number of nitrogens with zero attached hydrogens (tertiary/aromatic N) is 3. The predicted octanol–water partition coefficient (Wildman–Crippen LogP) is 4.14. The van der Waals surface area contributed by atoms with E-state index in [4.69, 9.17) is 5.26 Å². The van der Waals surface area contributed by atoms with Crippen molar-refractivity contribution in [2.75, 3.05) is 13.1 Å². The second-order valence-electron chi connectivity index (χ2n) is 8.29. The van der Waals surface area contributed by atoms with Crippen molar-refractivity contribution in [3.8, 4) is 17.2 Å². The van der Waals surface area contributed by atoms with Gasteiger partial charge in [-0.1, -0.05) is 29.8 Å². The molecule has 0 aliphatic carbocycles. The Morgan fingerprint density at radius 1 is 1.10 bits per heavy atom. The highest BCUT2D eigenvalue weighted by molar-refractivity contribution is 6.01. The lowest BCUT2D eigenvalue weighted by Gasteiger charge is -2.38. The van der Waals surface area contributed by atoms with E-state index in [9.17, 15) is 9.90 Å². The van der Waals surface area contributed by atoms with Gasteiger partial charge in [0.1, 0.15) is 0 Å². The molecule has 1 aromatic heterocycles. The molecule has 3 aromatic rings. The Bertz CT molecular complexity index is 1110. The number of aromatic nitrogens is 1. The molecule has 2 aromatic carbocycles. The zero-order valence-corrected chi connectivity index (χ0v) is 17.6. The van der Waals surface area contributed by atoms with Gasteiger partial charge in [-0.15, -0.1) is 0 Å². The van der Waals surface area contributed by atoms with Gasteiger partial charge in [0, 0.05) is 37.5 Å². The lowest BCUT2D eigenvalue weighted by atomic mass is 9.85. The largest absolute Gasteiger partial charge is 0.389 e. The van der Waals surface area contributed by atoms with E-state index in [0.717, 1.165) is 22.3 Å². The molecular weight excluding hydrogens is 386 g/mol. The Kier molecular flexibility index (Phi) is 5.83. The van der Waals surface area contributed by atoms with Crippen molar-refractivity contribution in [2.45, 2.75) is 31.8 Å². The molecule has 0 unspecified atom stereocenters. The second-order valence-corrected chi connectivity index (χ2v) is 8.29. The lowest BCUT2D eigenvalue weighted by molar-refractivity contribution is -0.0162. The van der Waals surface area contributed by atoms with Gasteiger partial charge in [0.15, 0.2) is 0 Å². The number of pyridine rings is 1. The van der Waals surface area contributed by atoms with Crippen molar-refractivity contribution in [1.82, 2.24) is 9.88 Å². The number of hydrogen-bond acceptors (Lipinski definition) is 4. The van der Waals surface area contributed by atoms with Crippen LogP contribution in [0, 0.1) is 18.3 Å². The van der Waals surface area contributed by atoms with Gasteiger partial charge in [-0.25, -0.2) is 0 Å². The third kappa shape index (κ3) is 4.65. The number of benzene rings is 2. The van der Waals surface area contributed by atoms with Gasteiger partial charge in [-0.3, -0.25) is 9.78 Å². The first kappa shape index (κ1) is 20.8. The number of piperidine rings is 1. The van der Waals surface area contributed by atoms with Crippen molar-refractivity contribution in [3.63, 3.8) is 0 Å². The van der Waals surface area contributed by atoms with E-state index < -0.39 is 5.60 Å². The smallest absolute Gasteiger partial charge is 0.254 e. The zero-order chi connectivity index (χ0) is 21.8. The first-order chi connectivity index (χ1) is 15.0. The van der Waals surface area contributed by atoms with Crippen molar-refractivity contribution < 1.29 is 9.90 Å². The van der Waals surface area contributed by atoms with E-state index in [2.05, 4.69) is 11.1 Å². The van der Waals surface area contributed by atoms with Gasteiger partial charge >= 0.3 is 0 Å². The van der Waals surface area contributed by atoms with Gasteiger partial charge in [-0.05, 0) is 66.8 Å². The number of aryl methyl sites for hydroxylation is 1. The highest BCUT2D eigenvalue weighted by Crippen LogP contribution is 2.30. The molecular formula is C26H25N3O2. The molecule has 1 saturated heterocycles. The fourth-order valence-corrected chi connectivity index (χ4v) is 4.17. The summed E-state index contributed by atoms with van der Waals surface area (Å²) in [4.78, 5) is 19.3. The van der Waals surface area contributed by atoms with Crippen LogP contribution in [0.3, 0.4) is 0 Å². The summed E-state index contributed by atoms with van der Waals surface area (Å²) in [7, 11) is 0. The third-order valence-electron chi connectivity index (χ3n) is 5.99.